The highest BCUT2D eigenvalue weighted by atomic mass is 127. The molecule has 19 heavy (non-hydrogen) atoms. The number of aldehydes is 1. The lowest BCUT2D eigenvalue weighted by Crippen LogP contribution is -2.01. The molecule has 0 heterocycles. The fraction of sp³-hybridized carbons (Fsp3) is 0.0714. The minimum absolute atomic E-state index is 0.344. The van der Waals surface area contributed by atoms with Crippen molar-refractivity contribution in [3.05, 3.63) is 59.7 Å². The molecule has 0 aromatic heterocycles. The largest absolute Gasteiger partial charge is 0.487 e. The SMILES string of the molecule is O=Cc1cc(I)cc(I)c1OCc1ccccc1Cl. The third-order valence-corrected chi connectivity index (χ3v) is 4.29. The summed E-state index contributed by atoms with van der Waals surface area (Å²) in [5.41, 5.74) is 1.46. The van der Waals surface area contributed by atoms with Crippen LogP contribution in [0.5, 0.6) is 5.75 Å². The smallest absolute Gasteiger partial charge is 0.153 e. The Morgan fingerprint density at radius 2 is 1.95 bits per heavy atom. The summed E-state index contributed by atoms with van der Waals surface area (Å²) < 4.78 is 7.68. The molecular formula is C14H9ClI2O2. The van der Waals surface area contributed by atoms with Gasteiger partial charge in [-0.05, 0) is 63.4 Å². The van der Waals surface area contributed by atoms with Crippen LogP contribution in [0.3, 0.4) is 0 Å². The van der Waals surface area contributed by atoms with Crippen molar-refractivity contribution in [1.29, 1.82) is 0 Å². The van der Waals surface area contributed by atoms with E-state index in [0.717, 1.165) is 19.0 Å². The Bertz CT molecular complexity index is 614. The highest BCUT2D eigenvalue weighted by molar-refractivity contribution is 14.1. The fourth-order valence-corrected chi connectivity index (χ4v) is 3.82. The van der Waals surface area contributed by atoms with Crippen molar-refractivity contribution in [3.63, 3.8) is 0 Å². The van der Waals surface area contributed by atoms with E-state index in [1.807, 2.05) is 30.3 Å². The molecule has 98 valence electrons. The van der Waals surface area contributed by atoms with Gasteiger partial charge >= 0.3 is 0 Å². The molecule has 5 heteroatoms. The second kappa shape index (κ2) is 6.90. The van der Waals surface area contributed by atoms with Gasteiger partial charge in [-0.1, -0.05) is 29.8 Å². The molecule has 2 aromatic carbocycles. The quantitative estimate of drug-likeness (QED) is 0.441. The van der Waals surface area contributed by atoms with Crippen LogP contribution in [0.2, 0.25) is 5.02 Å². The average molecular weight is 498 g/mol. The number of carbonyl (C=O) groups excluding carboxylic acids is 1. The van der Waals surface area contributed by atoms with Crippen molar-refractivity contribution in [3.8, 4) is 5.75 Å². The van der Waals surface area contributed by atoms with Gasteiger partial charge in [0.2, 0.25) is 0 Å². The Hall–Kier alpha value is -0.340. The molecule has 2 rings (SSSR count). The molecule has 0 saturated heterocycles. The van der Waals surface area contributed by atoms with Crippen molar-refractivity contribution in [1.82, 2.24) is 0 Å². The predicted octanol–water partition coefficient (Wildman–Crippen LogP) is 4.94. The van der Waals surface area contributed by atoms with Gasteiger partial charge in [0.15, 0.2) is 6.29 Å². The van der Waals surface area contributed by atoms with Gasteiger partial charge in [0.05, 0.1) is 9.13 Å². The number of hydrogen-bond donors (Lipinski definition) is 0. The van der Waals surface area contributed by atoms with Crippen LogP contribution >= 0.6 is 56.8 Å². The van der Waals surface area contributed by atoms with Gasteiger partial charge in [0.25, 0.3) is 0 Å². The van der Waals surface area contributed by atoms with Gasteiger partial charge in [-0.3, -0.25) is 4.79 Å². The van der Waals surface area contributed by atoms with Gasteiger partial charge in [0, 0.05) is 14.2 Å². The molecule has 0 aliphatic carbocycles. The lowest BCUT2D eigenvalue weighted by Gasteiger charge is -2.12. The Morgan fingerprint density at radius 3 is 2.63 bits per heavy atom. The van der Waals surface area contributed by atoms with Crippen molar-refractivity contribution in [2.75, 3.05) is 0 Å². The molecule has 0 saturated carbocycles. The molecule has 0 bridgehead atoms. The van der Waals surface area contributed by atoms with E-state index < -0.39 is 0 Å². The molecule has 0 aliphatic heterocycles. The molecule has 2 nitrogen and oxygen atoms in total. The van der Waals surface area contributed by atoms with Crippen LogP contribution in [0, 0.1) is 7.14 Å². The first-order valence-corrected chi connectivity index (χ1v) is 7.96. The standard InChI is InChI=1S/C14H9ClI2O2/c15-12-4-2-1-3-9(12)8-19-14-10(7-18)5-11(16)6-13(14)17/h1-7H,8H2. The van der Waals surface area contributed by atoms with Crippen molar-refractivity contribution < 1.29 is 9.53 Å². The summed E-state index contributed by atoms with van der Waals surface area (Å²) in [6.45, 7) is 0.344. The molecule has 0 spiro atoms. The third-order valence-electron chi connectivity index (χ3n) is 2.49. The number of carbonyl (C=O) groups is 1. The van der Waals surface area contributed by atoms with E-state index >= 15 is 0 Å². The summed E-state index contributed by atoms with van der Waals surface area (Å²) in [5.74, 6) is 0.607. The molecule has 0 atom stereocenters. The van der Waals surface area contributed by atoms with E-state index in [1.165, 1.54) is 0 Å². The van der Waals surface area contributed by atoms with Crippen LogP contribution in [0.4, 0.5) is 0 Å². The number of hydrogen-bond acceptors (Lipinski definition) is 2. The van der Waals surface area contributed by atoms with Crippen molar-refractivity contribution in [2.24, 2.45) is 0 Å². The number of halogens is 3. The van der Waals surface area contributed by atoms with Gasteiger partial charge < -0.3 is 4.74 Å². The second-order valence-corrected chi connectivity index (χ2v) is 6.62. The maximum absolute atomic E-state index is 11.1. The molecule has 0 amide bonds. The molecular weight excluding hydrogens is 489 g/mol. The first-order valence-electron chi connectivity index (χ1n) is 5.42. The maximum atomic E-state index is 11.1. The second-order valence-electron chi connectivity index (χ2n) is 3.80. The van der Waals surface area contributed by atoms with Crippen LogP contribution in [0.1, 0.15) is 15.9 Å². The van der Waals surface area contributed by atoms with Crippen LogP contribution < -0.4 is 4.74 Å². The summed E-state index contributed by atoms with van der Waals surface area (Å²) in [6, 6.07) is 11.3. The van der Waals surface area contributed by atoms with Gasteiger partial charge in [0.1, 0.15) is 12.4 Å². The van der Waals surface area contributed by atoms with E-state index in [0.29, 0.717) is 22.9 Å². The van der Waals surface area contributed by atoms with E-state index in [1.54, 1.807) is 6.07 Å². The lowest BCUT2D eigenvalue weighted by molar-refractivity contribution is 0.111. The minimum atomic E-state index is 0.344. The monoisotopic (exact) mass is 498 g/mol. The highest BCUT2D eigenvalue weighted by Gasteiger charge is 2.10. The predicted molar refractivity (Wildman–Crippen MR) is 93.0 cm³/mol. The fourth-order valence-electron chi connectivity index (χ4n) is 1.59. The van der Waals surface area contributed by atoms with Gasteiger partial charge in [-0.25, -0.2) is 0 Å². The summed E-state index contributed by atoms with van der Waals surface area (Å²) in [4.78, 5) is 11.1. The summed E-state index contributed by atoms with van der Waals surface area (Å²) >= 11 is 10.4. The zero-order valence-corrected chi connectivity index (χ0v) is 14.8. The maximum Gasteiger partial charge on any atom is 0.153 e. The van der Waals surface area contributed by atoms with E-state index in [-0.39, 0.29) is 0 Å². The molecule has 0 unspecified atom stereocenters. The van der Waals surface area contributed by atoms with Crippen LogP contribution in [0.15, 0.2) is 36.4 Å². The lowest BCUT2D eigenvalue weighted by atomic mass is 10.2. The van der Waals surface area contributed by atoms with E-state index in [9.17, 15) is 4.79 Å². The van der Waals surface area contributed by atoms with Gasteiger partial charge in [-0.15, -0.1) is 0 Å². The Morgan fingerprint density at radius 1 is 1.21 bits per heavy atom. The van der Waals surface area contributed by atoms with E-state index in [2.05, 4.69) is 45.2 Å². The first kappa shape index (κ1) is 15.1. The molecule has 0 fully saturated rings. The van der Waals surface area contributed by atoms with Crippen molar-refractivity contribution >= 4 is 63.1 Å². The highest BCUT2D eigenvalue weighted by Crippen LogP contribution is 2.28. The van der Waals surface area contributed by atoms with Crippen LogP contribution in [-0.2, 0) is 6.61 Å². The van der Waals surface area contributed by atoms with Crippen LogP contribution in [0.25, 0.3) is 0 Å². The summed E-state index contributed by atoms with van der Waals surface area (Å²) in [7, 11) is 0. The molecule has 0 radical (unpaired) electrons. The van der Waals surface area contributed by atoms with Gasteiger partial charge in [-0.2, -0.15) is 0 Å². The number of ether oxygens (including phenoxy) is 1. The Labute approximate surface area is 143 Å². The Kier molecular flexibility index (Phi) is 5.47. The van der Waals surface area contributed by atoms with E-state index in [4.69, 9.17) is 16.3 Å². The van der Waals surface area contributed by atoms with Crippen LogP contribution in [-0.4, -0.2) is 6.29 Å². The minimum Gasteiger partial charge on any atom is -0.487 e. The number of benzene rings is 2. The first-order chi connectivity index (χ1) is 9.11. The zero-order chi connectivity index (χ0) is 13.8. The number of rotatable bonds is 4. The normalized spacial score (nSPS) is 10.3. The summed E-state index contributed by atoms with van der Waals surface area (Å²) in [5, 5.41) is 0.663. The Balaban J connectivity index is 2.25. The van der Waals surface area contributed by atoms with Crippen molar-refractivity contribution in [2.45, 2.75) is 6.61 Å². The third kappa shape index (κ3) is 3.82. The topological polar surface area (TPSA) is 26.3 Å². The summed E-state index contributed by atoms with van der Waals surface area (Å²) in [6.07, 6.45) is 0.812. The molecule has 0 N–H and O–H groups in total. The zero-order valence-electron chi connectivity index (χ0n) is 9.70. The molecule has 0 aliphatic rings. The molecule has 2 aromatic rings. The average Bonchev–Trinajstić information content (AvgIpc) is 2.38.